The van der Waals surface area contributed by atoms with Crippen molar-refractivity contribution in [3.8, 4) is 16.9 Å². The Kier molecular flexibility index (Phi) is 5.81. The van der Waals surface area contributed by atoms with Gasteiger partial charge >= 0.3 is 5.97 Å². The van der Waals surface area contributed by atoms with E-state index in [1.54, 1.807) is 6.07 Å². The Labute approximate surface area is 182 Å². The number of fused-ring (bicyclic) bond motifs is 3. The van der Waals surface area contributed by atoms with Gasteiger partial charge in [0.15, 0.2) is 0 Å². The summed E-state index contributed by atoms with van der Waals surface area (Å²) in [5.74, 6) is -0.0717. The third-order valence-corrected chi connectivity index (χ3v) is 8.13. The van der Waals surface area contributed by atoms with Crippen molar-refractivity contribution in [2.24, 2.45) is 5.41 Å². The Morgan fingerprint density at radius 3 is 2.42 bits per heavy atom. The van der Waals surface area contributed by atoms with Crippen LogP contribution in [0.15, 0.2) is 30.3 Å². The molecule has 0 radical (unpaired) electrons. The van der Waals surface area contributed by atoms with E-state index < -0.39 is 21.6 Å². The van der Waals surface area contributed by atoms with Crippen molar-refractivity contribution in [1.29, 1.82) is 0 Å². The monoisotopic (exact) mass is 446 g/mol. The van der Waals surface area contributed by atoms with Crippen molar-refractivity contribution in [1.82, 2.24) is 0 Å². The first kappa shape index (κ1) is 21.8. The lowest BCUT2D eigenvalue weighted by Gasteiger charge is -2.33. The number of hydrogen-bond acceptors (Lipinski definition) is 5. The number of ether oxygens (including phenoxy) is 2. The van der Waals surface area contributed by atoms with Crippen LogP contribution in [0.2, 0.25) is 0 Å². The third-order valence-electron chi connectivity index (χ3n) is 6.48. The second-order valence-corrected chi connectivity index (χ2v) is 11.2. The van der Waals surface area contributed by atoms with Gasteiger partial charge in [-0.3, -0.25) is 0 Å². The summed E-state index contributed by atoms with van der Waals surface area (Å²) in [6.45, 7) is 2.54. The molecule has 1 fully saturated rings. The molecule has 0 aromatic heterocycles. The number of rotatable bonds is 4. The number of halogens is 1. The van der Waals surface area contributed by atoms with E-state index in [0.29, 0.717) is 19.4 Å². The van der Waals surface area contributed by atoms with E-state index in [1.165, 1.54) is 13.2 Å². The first-order chi connectivity index (χ1) is 14.7. The van der Waals surface area contributed by atoms with Gasteiger partial charge in [-0.15, -0.1) is 0 Å². The Morgan fingerprint density at radius 1 is 1.06 bits per heavy atom. The van der Waals surface area contributed by atoms with Gasteiger partial charge in [0.1, 0.15) is 21.4 Å². The highest BCUT2D eigenvalue weighted by Crippen LogP contribution is 2.37. The number of carbonyl (C=O) groups is 1. The van der Waals surface area contributed by atoms with Gasteiger partial charge < -0.3 is 9.47 Å². The van der Waals surface area contributed by atoms with Crippen LogP contribution in [0.5, 0.6) is 5.75 Å². The smallest absolute Gasteiger partial charge is 0.340 e. The Morgan fingerprint density at radius 2 is 1.74 bits per heavy atom. The fourth-order valence-corrected chi connectivity index (χ4v) is 6.18. The molecule has 2 aromatic rings. The number of hydrogen-bond donors (Lipinski definition) is 0. The summed E-state index contributed by atoms with van der Waals surface area (Å²) in [6.07, 6.45) is 3.64. The summed E-state index contributed by atoms with van der Waals surface area (Å²) in [6, 6.07) is 8.89. The van der Waals surface area contributed by atoms with E-state index in [0.717, 1.165) is 47.3 Å². The van der Waals surface area contributed by atoms with Crippen LogP contribution in [0.3, 0.4) is 0 Å². The molecule has 2 aliphatic rings. The molecule has 0 amide bonds. The highest BCUT2D eigenvalue weighted by atomic mass is 32.2. The molecule has 0 N–H and O–H groups in total. The van der Waals surface area contributed by atoms with Crippen molar-refractivity contribution < 1.29 is 27.1 Å². The molecule has 0 unspecified atom stereocenters. The second kappa shape index (κ2) is 8.26. The zero-order valence-corrected chi connectivity index (χ0v) is 18.7. The lowest BCUT2D eigenvalue weighted by molar-refractivity contribution is 0.0595. The second-order valence-electron chi connectivity index (χ2n) is 8.90. The average Bonchev–Trinajstić information content (AvgIpc) is 2.92. The molecule has 4 rings (SSSR count). The summed E-state index contributed by atoms with van der Waals surface area (Å²) < 4.78 is 48.6. The van der Waals surface area contributed by atoms with E-state index in [4.69, 9.17) is 9.47 Å². The number of benzene rings is 2. The van der Waals surface area contributed by atoms with Crippen molar-refractivity contribution in [2.75, 3.05) is 25.2 Å². The molecule has 7 heteroatoms. The quantitative estimate of drug-likeness (QED) is 0.653. The summed E-state index contributed by atoms with van der Waals surface area (Å²) in [4.78, 5) is 12.0. The first-order valence-corrected chi connectivity index (χ1v) is 12.4. The molecule has 2 aromatic carbocycles. The molecule has 166 valence electrons. The Bertz CT molecular complexity index is 1110. The maximum atomic E-state index is 14.4. The highest BCUT2D eigenvalue weighted by Gasteiger charge is 2.34. The first-order valence-electron chi connectivity index (χ1n) is 10.6. The van der Waals surface area contributed by atoms with Gasteiger partial charge in [-0.25, -0.2) is 17.6 Å². The molecule has 0 spiro atoms. The van der Waals surface area contributed by atoms with E-state index in [9.17, 15) is 17.6 Å². The van der Waals surface area contributed by atoms with Crippen LogP contribution in [0, 0.1) is 11.2 Å². The van der Waals surface area contributed by atoms with Gasteiger partial charge in [-0.05, 0) is 78.6 Å². The Hall–Kier alpha value is -2.41. The predicted molar refractivity (Wildman–Crippen MR) is 117 cm³/mol. The molecular weight excluding hydrogens is 419 g/mol. The van der Waals surface area contributed by atoms with Crippen LogP contribution in [0.4, 0.5) is 4.39 Å². The number of aryl methyl sites for hydroxylation is 2. The predicted octanol–water partition coefficient (Wildman–Crippen LogP) is 4.36. The van der Waals surface area contributed by atoms with Gasteiger partial charge in [0.2, 0.25) is 0 Å². The van der Waals surface area contributed by atoms with Crippen LogP contribution in [-0.2, 0) is 27.4 Å². The molecule has 31 heavy (non-hydrogen) atoms. The molecule has 1 saturated heterocycles. The fraction of sp³-hybridized carbons (Fsp3) is 0.458. The molecule has 1 aliphatic carbocycles. The van der Waals surface area contributed by atoms with Crippen molar-refractivity contribution in [3.63, 3.8) is 0 Å². The SMILES string of the molecule is COC(=O)c1cc2c(cc1F)CCCc1cc(OCC3(C)CCS(=O)(=O)CC3)ccc1-2. The van der Waals surface area contributed by atoms with E-state index in [-0.39, 0.29) is 22.5 Å². The van der Waals surface area contributed by atoms with Gasteiger partial charge in [-0.1, -0.05) is 13.0 Å². The lowest BCUT2D eigenvalue weighted by atomic mass is 9.85. The zero-order valence-electron chi connectivity index (χ0n) is 17.9. The molecule has 1 aliphatic heterocycles. The minimum Gasteiger partial charge on any atom is -0.493 e. The summed E-state index contributed by atoms with van der Waals surface area (Å²) >= 11 is 0. The third kappa shape index (κ3) is 4.61. The van der Waals surface area contributed by atoms with E-state index >= 15 is 0 Å². The van der Waals surface area contributed by atoms with Gasteiger partial charge in [-0.2, -0.15) is 0 Å². The Balaban J connectivity index is 1.58. The fourth-order valence-electron chi connectivity index (χ4n) is 4.37. The molecule has 0 atom stereocenters. The number of methoxy groups -OCH3 is 1. The van der Waals surface area contributed by atoms with Crippen LogP contribution in [-0.4, -0.2) is 39.6 Å². The zero-order chi connectivity index (χ0) is 22.2. The highest BCUT2D eigenvalue weighted by molar-refractivity contribution is 7.91. The lowest BCUT2D eigenvalue weighted by Crippen LogP contribution is -2.35. The van der Waals surface area contributed by atoms with Gasteiger partial charge in [0.05, 0.1) is 30.8 Å². The van der Waals surface area contributed by atoms with Crippen molar-refractivity contribution in [3.05, 3.63) is 52.8 Å². The largest absolute Gasteiger partial charge is 0.493 e. The minimum absolute atomic E-state index is 0.0606. The molecule has 0 saturated carbocycles. The topological polar surface area (TPSA) is 69.7 Å². The maximum absolute atomic E-state index is 14.4. The van der Waals surface area contributed by atoms with Crippen LogP contribution in [0.1, 0.15) is 47.7 Å². The normalized spacial score (nSPS) is 18.9. The molecule has 0 bridgehead atoms. The van der Waals surface area contributed by atoms with Crippen molar-refractivity contribution in [2.45, 2.75) is 39.0 Å². The van der Waals surface area contributed by atoms with Gasteiger partial charge in [0, 0.05) is 5.41 Å². The van der Waals surface area contributed by atoms with Crippen LogP contribution >= 0.6 is 0 Å². The minimum atomic E-state index is -2.91. The van der Waals surface area contributed by atoms with E-state index in [2.05, 4.69) is 6.92 Å². The molecular formula is C24H27FO5S. The summed E-state index contributed by atoms with van der Waals surface area (Å²) in [5.41, 5.74) is 3.58. The van der Waals surface area contributed by atoms with Gasteiger partial charge in [0.25, 0.3) is 0 Å². The molecule has 1 heterocycles. The average molecular weight is 447 g/mol. The number of carbonyl (C=O) groups excluding carboxylic acids is 1. The summed E-state index contributed by atoms with van der Waals surface area (Å²) in [5, 5.41) is 0. The maximum Gasteiger partial charge on any atom is 0.340 e. The van der Waals surface area contributed by atoms with Crippen molar-refractivity contribution >= 4 is 15.8 Å². The summed E-state index contributed by atoms with van der Waals surface area (Å²) in [7, 11) is -1.67. The van der Waals surface area contributed by atoms with Crippen LogP contribution < -0.4 is 4.74 Å². The standard InChI is InChI=1S/C24H27FO5S/c1-24(8-10-31(27,28)11-9-24)15-30-18-6-7-19-16(12-18)4-3-5-17-13-22(25)21(14-20(17)19)23(26)29-2/h6-7,12-14H,3-5,8-11,15H2,1-2H3. The van der Waals surface area contributed by atoms with E-state index in [1.807, 2.05) is 18.2 Å². The molecule has 5 nitrogen and oxygen atoms in total. The van der Waals surface area contributed by atoms with Crippen LogP contribution in [0.25, 0.3) is 11.1 Å². The number of sulfone groups is 1. The number of esters is 1.